The highest BCUT2D eigenvalue weighted by atomic mass is 16.4. The molecular formula is C18H15N3O4. The number of rotatable bonds is 2. The van der Waals surface area contributed by atoms with Gasteiger partial charge in [-0.3, -0.25) is 4.79 Å². The highest BCUT2D eigenvalue weighted by molar-refractivity contribution is 5.98. The van der Waals surface area contributed by atoms with Gasteiger partial charge >= 0.3 is 5.97 Å². The van der Waals surface area contributed by atoms with E-state index >= 15 is 0 Å². The van der Waals surface area contributed by atoms with E-state index in [1.54, 1.807) is 12.1 Å². The van der Waals surface area contributed by atoms with Gasteiger partial charge in [0.25, 0.3) is 0 Å². The third-order valence-electron chi connectivity index (χ3n) is 4.36. The second-order valence-electron chi connectivity index (χ2n) is 5.90. The van der Waals surface area contributed by atoms with Gasteiger partial charge in [-0.2, -0.15) is 4.98 Å². The molecule has 1 aliphatic rings. The first kappa shape index (κ1) is 15.3. The summed E-state index contributed by atoms with van der Waals surface area (Å²) in [5.41, 5.74) is 7.67. The van der Waals surface area contributed by atoms with Crippen molar-refractivity contribution in [2.75, 3.05) is 18.8 Å². The van der Waals surface area contributed by atoms with Crippen molar-refractivity contribution in [3.63, 3.8) is 0 Å². The number of aromatic nitrogens is 1. The van der Waals surface area contributed by atoms with Crippen molar-refractivity contribution in [2.45, 2.75) is 6.42 Å². The summed E-state index contributed by atoms with van der Waals surface area (Å²) < 4.78 is 5.67. The molecule has 4 rings (SSSR count). The summed E-state index contributed by atoms with van der Waals surface area (Å²) >= 11 is 0. The van der Waals surface area contributed by atoms with Crippen LogP contribution in [0.15, 0.2) is 39.6 Å². The first-order valence-corrected chi connectivity index (χ1v) is 7.85. The van der Waals surface area contributed by atoms with Crippen molar-refractivity contribution >= 4 is 39.4 Å². The first-order chi connectivity index (χ1) is 12.0. The normalized spacial score (nSPS) is 14.6. The third kappa shape index (κ3) is 2.54. The quantitative estimate of drug-likeness (QED) is 0.612. The van der Waals surface area contributed by atoms with Crippen molar-refractivity contribution in [1.82, 2.24) is 10.3 Å². The molecule has 4 N–H and O–H groups in total. The number of anilines is 1. The number of nitrogen functional groups attached to an aromatic ring is 1. The van der Waals surface area contributed by atoms with Crippen LogP contribution in [-0.4, -0.2) is 29.1 Å². The molecule has 0 bridgehead atoms. The zero-order valence-corrected chi connectivity index (χ0v) is 13.2. The molecule has 7 heteroatoms. The second kappa shape index (κ2) is 5.71. The van der Waals surface area contributed by atoms with E-state index in [0.717, 1.165) is 25.1 Å². The van der Waals surface area contributed by atoms with Gasteiger partial charge in [-0.1, -0.05) is 12.1 Å². The number of hydrogen-bond donors (Lipinski definition) is 3. The highest BCUT2D eigenvalue weighted by Crippen LogP contribution is 2.25. The molecule has 0 radical (unpaired) electrons. The van der Waals surface area contributed by atoms with Gasteiger partial charge in [0.05, 0.1) is 10.8 Å². The van der Waals surface area contributed by atoms with Crippen molar-refractivity contribution in [3.05, 3.63) is 51.7 Å². The minimum atomic E-state index is -1.24. The van der Waals surface area contributed by atoms with Crippen LogP contribution >= 0.6 is 0 Å². The number of pyridine rings is 1. The first-order valence-electron chi connectivity index (χ1n) is 7.85. The fourth-order valence-corrected chi connectivity index (χ4v) is 3.05. The number of carboxylic acids is 1. The number of nitrogens with zero attached hydrogens (tertiary/aromatic N) is 1. The van der Waals surface area contributed by atoms with Crippen molar-refractivity contribution in [1.29, 1.82) is 0 Å². The van der Waals surface area contributed by atoms with Crippen molar-refractivity contribution < 1.29 is 14.3 Å². The van der Waals surface area contributed by atoms with Gasteiger partial charge < -0.3 is 20.6 Å². The van der Waals surface area contributed by atoms with E-state index in [1.807, 2.05) is 6.07 Å². The molecule has 0 spiro atoms. The van der Waals surface area contributed by atoms with Crippen molar-refractivity contribution in [3.8, 4) is 0 Å². The Kier molecular flexibility index (Phi) is 3.51. The Hall–Kier alpha value is -3.19. The van der Waals surface area contributed by atoms with Gasteiger partial charge in [0.1, 0.15) is 17.0 Å². The lowest BCUT2D eigenvalue weighted by Gasteiger charge is -2.14. The molecule has 1 aromatic carbocycles. The predicted molar refractivity (Wildman–Crippen MR) is 94.6 cm³/mol. The zero-order chi connectivity index (χ0) is 17.6. The summed E-state index contributed by atoms with van der Waals surface area (Å²) in [6.45, 7) is 1.69. The lowest BCUT2D eigenvalue weighted by molar-refractivity contribution is 0.0698. The predicted octanol–water partition coefficient (Wildman–Crippen LogP) is 2.00. The Morgan fingerprint density at radius 3 is 2.84 bits per heavy atom. The van der Waals surface area contributed by atoms with Crippen LogP contribution in [-0.2, 0) is 0 Å². The number of carbonyl (C=O) groups is 1. The van der Waals surface area contributed by atoms with Crippen LogP contribution in [0.25, 0.3) is 27.6 Å². The Morgan fingerprint density at radius 1 is 1.28 bits per heavy atom. The molecule has 0 unspecified atom stereocenters. The minimum Gasteiger partial charge on any atom is -0.478 e. The second-order valence-corrected chi connectivity index (χ2v) is 5.90. The van der Waals surface area contributed by atoms with Crippen LogP contribution in [0, 0.1) is 0 Å². The average Bonchev–Trinajstić information content (AvgIpc) is 2.62. The number of nitrogens with two attached hydrogens (primary N) is 1. The van der Waals surface area contributed by atoms with E-state index in [2.05, 4.69) is 16.4 Å². The van der Waals surface area contributed by atoms with E-state index < -0.39 is 5.97 Å². The largest absolute Gasteiger partial charge is 0.478 e. The van der Waals surface area contributed by atoms with Crippen molar-refractivity contribution in [2.24, 2.45) is 0 Å². The topological polar surface area (TPSA) is 118 Å². The number of carboxylic acid groups (broad SMARTS) is 1. The molecule has 0 atom stereocenters. The molecule has 0 saturated heterocycles. The third-order valence-corrected chi connectivity index (χ3v) is 4.36. The SMILES string of the molecule is Nc1nc2oc3ccc(C4=CCNCC4)cc3c(=O)c2cc1C(=O)O. The summed E-state index contributed by atoms with van der Waals surface area (Å²) in [5, 5.41) is 12.9. The smallest absolute Gasteiger partial charge is 0.339 e. The molecular weight excluding hydrogens is 322 g/mol. The fourth-order valence-electron chi connectivity index (χ4n) is 3.05. The van der Waals surface area contributed by atoms with Gasteiger partial charge in [-0.25, -0.2) is 4.79 Å². The fraction of sp³-hybridized carbons (Fsp3) is 0.167. The van der Waals surface area contributed by atoms with E-state index in [1.165, 1.54) is 11.6 Å². The summed E-state index contributed by atoms with van der Waals surface area (Å²) in [6, 6.07) is 6.65. The zero-order valence-electron chi connectivity index (χ0n) is 13.2. The van der Waals surface area contributed by atoms with Gasteiger partial charge in [-0.05, 0) is 42.3 Å². The standard InChI is InChI=1S/C18H15N3O4/c19-16-13(18(23)24)8-12-15(22)11-7-10(9-3-5-20-6-4-9)1-2-14(11)25-17(12)21-16/h1-3,7-8,20H,4-6H2,(H2,19,21)(H,23,24). The highest BCUT2D eigenvalue weighted by Gasteiger charge is 2.17. The lowest BCUT2D eigenvalue weighted by Crippen LogP contribution is -2.20. The molecule has 7 nitrogen and oxygen atoms in total. The Morgan fingerprint density at radius 2 is 2.12 bits per heavy atom. The van der Waals surface area contributed by atoms with Crippen LogP contribution in [0.3, 0.4) is 0 Å². The van der Waals surface area contributed by atoms with Gasteiger partial charge in [0.15, 0.2) is 0 Å². The minimum absolute atomic E-state index is 0.0360. The number of fused-ring (bicyclic) bond motifs is 2. The van der Waals surface area contributed by atoms with Crippen LogP contribution in [0.4, 0.5) is 5.82 Å². The molecule has 3 aromatic rings. The van der Waals surface area contributed by atoms with Crippen LogP contribution < -0.4 is 16.5 Å². The Balaban J connectivity index is 1.98. The molecule has 0 aliphatic carbocycles. The summed E-state index contributed by atoms with van der Waals surface area (Å²) in [4.78, 5) is 28.0. The molecule has 2 aromatic heterocycles. The van der Waals surface area contributed by atoms with E-state index in [4.69, 9.17) is 10.2 Å². The molecule has 0 amide bonds. The maximum absolute atomic E-state index is 12.8. The number of nitrogens with one attached hydrogen (secondary N) is 1. The van der Waals surface area contributed by atoms with E-state index in [-0.39, 0.29) is 27.9 Å². The molecule has 1 aliphatic heterocycles. The number of aromatic carboxylic acids is 1. The molecule has 0 fully saturated rings. The van der Waals surface area contributed by atoms with Crippen LogP contribution in [0.2, 0.25) is 0 Å². The molecule has 3 heterocycles. The van der Waals surface area contributed by atoms with Gasteiger partial charge in [0, 0.05) is 6.54 Å². The maximum atomic E-state index is 12.8. The molecule has 126 valence electrons. The Bertz CT molecular complexity index is 1110. The van der Waals surface area contributed by atoms with Crippen LogP contribution in [0.1, 0.15) is 22.3 Å². The van der Waals surface area contributed by atoms with E-state index in [9.17, 15) is 14.7 Å². The molecule has 25 heavy (non-hydrogen) atoms. The van der Waals surface area contributed by atoms with E-state index in [0.29, 0.717) is 11.0 Å². The van der Waals surface area contributed by atoms with Gasteiger partial charge in [0.2, 0.25) is 11.1 Å². The monoisotopic (exact) mass is 337 g/mol. The summed E-state index contributed by atoms with van der Waals surface area (Å²) in [6.07, 6.45) is 2.98. The lowest BCUT2D eigenvalue weighted by atomic mass is 9.98. The van der Waals surface area contributed by atoms with Gasteiger partial charge in [-0.15, -0.1) is 0 Å². The Labute approximate surface area is 141 Å². The summed E-state index contributed by atoms with van der Waals surface area (Å²) in [7, 11) is 0. The molecule has 0 saturated carbocycles. The maximum Gasteiger partial charge on any atom is 0.339 e. The average molecular weight is 337 g/mol. The summed E-state index contributed by atoms with van der Waals surface area (Å²) in [5.74, 6) is -1.42. The number of hydrogen-bond acceptors (Lipinski definition) is 6. The van der Waals surface area contributed by atoms with Crippen LogP contribution in [0.5, 0.6) is 0 Å². The number of benzene rings is 1.